The van der Waals surface area contributed by atoms with Crippen LogP contribution in [0.2, 0.25) is 0 Å². The fourth-order valence-corrected chi connectivity index (χ4v) is 5.83. The number of carbonyl (C=O) groups is 1. The number of nitrogens with zero attached hydrogens (tertiary/aromatic N) is 5. The van der Waals surface area contributed by atoms with Crippen LogP contribution in [0.5, 0.6) is 0 Å². The molecule has 3 aromatic heterocycles. The molecule has 1 saturated carbocycles. The average Bonchev–Trinajstić information content (AvgIpc) is 3.45. The smallest absolute Gasteiger partial charge is 0.230 e. The number of likely N-dealkylation sites (N-methyl/N-ethyl adjacent to an activating group) is 1. The van der Waals surface area contributed by atoms with E-state index in [1.54, 1.807) is 16.2 Å². The summed E-state index contributed by atoms with van der Waals surface area (Å²) in [4.78, 5) is 24.7. The molecule has 1 aliphatic carbocycles. The number of rotatable bonds is 6. The molecule has 0 bridgehead atoms. The minimum atomic E-state index is -0.181. The van der Waals surface area contributed by atoms with Gasteiger partial charge < -0.3 is 20.6 Å². The van der Waals surface area contributed by atoms with Crippen LogP contribution in [-0.2, 0) is 4.79 Å². The maximum Gasteiger partial charge on any atom is 0.230 e. The number of amides is 1. The lowest BCUT2D eigenvalue weighted by Gasteiger charge is -2.36. The monoisotopic (exact) mass is 473 g/mol. The second-order valence-electron chi connectivity index (χ2n) is 8.52. The van der Waals surface area contributed by atoms with Crippen LogP contribution < -0.4 is 10.6 Å². The summed E-state index contributed by atoms with van der Waals surface area (Å²) in [6.07, 6.45) is 4.25. The fraction of sp³-hybridized carbons (Fsp3) is 0.524. The average molecular weight is 474 g/mol. The molecule has 32 heavy (non-hydrogen) atoms. The van der Waals surface area contributed by atoms with Crippen molar-refractivity contribution in [1.82, 2.24) is 24.1 Å². The maximum absolute atomic E-state index is 11.2. The van der Waals surface area contributed by atoms with Crippen LogP contribution in [0.25, 0.3) is 10.2 Å². The minimum absolute atomic E-state index is 0.0832. The molecule has 0 spiro atoms. The van der Waals surface area contributed by atoms with Crippen LogP contribution in [0, 0.1) is 0 Å². The lowest BCUT2D eigenvalue weighted by Crippen LogP contribution is -2.46. The van der Waals surface area contributed by atoms with Gasteiger partial charge in [0.05, 0.1) is 28.1 Å². The molecule has 0 aromatic carbocycles. The van der Waals surface area contributed by atoms with E-state index in [0.29, 0.717) is 18.5 Å². The van der Waals surface area contributed by atoms with E-state index in [1.807, 2.05) is 17.5 Å². The van der Waals surface area contributed by atoms with Crippen molar-refractivity contribution in [3.8, 4) is 0 Å². The van der Waals surface area contributed by atoms with E-state index < -0.39 is 0 Å². The third-order valence-electron chi connectivity index (χ3n) is 6.27. The highest BCUT2D eigenvalue weighted by molar-refractivity contribution is 7.17. The number of hydrogen-bond donors (Lipinski definition) is 3. The number of aromatic nitrogens is 3. The van der Waals surface area contributed by atoms with Crippen LogP contribution in [0.3, 0.4) is 0 Å². The van der Waals surface area contributed by atoms with Crippen molar-refractivity contribution in [2.75, 3.05) is 37.3 Å². The van der Waals surface area contributed by atoms with Crippen LogP contribution >= 0.6 is 22.9 Å². The van der Waals surface area contributed by atoms with E-state index in [9.17, 15) is 9.90 Å². The first-order chi connectivity index (χ1) is 15.6. The Bertz CT molecular complexity index is 1080. The van der Waals surface area contributed by atoms with Crippen LogP contribution in [-0.4, -0.2) is 74.5 Å². The summed E-state index contributed by atoms with van der Waals surface area (Å²) in [6.45, 7) is 2.22. The SMILES string of the molecule is CN1CCN(C=O)CC1c1cc(Nc2nc(NC3CCC(O)CC3)c3sccc3n2)sn1. The van der Waals surface area contributed by atoms with Gasteiger partial charge in [-0.2, -0.15) is 9.36 Å². The number of aliphatic hydroxyl groups excluding tert-OH is 1. The Balaban J connectivity index is 1.34. The Morgan fingerprint density at radius 2 is 2.06 bits per heavy atom. The van der Waals surface area contributed by atoms with E-state index in [-0.39, 0.29) is 12.1 Å². The summed E-state index contributed by atoms with van der Waals surface area (Å²) < 4.78 is 5.68. The summed E-state index contributed by atoms with van der Waals surface area (Å²) in [5, 5.41) is 19.6. The summed E-state index contributed by atoms with van der Waals surface area (Å²) in [5.74, 6) is 1.38. The lowest BCUT2D eigenvalue weighted by atomic mass is 9.93. The van der Waals surface area contributed by atoms with Crippen molar-refractivity contribution in [3.05, 3.63) is 23.2 Å². The highest BCUT2D eigenvalue weighted by Gasteiger charge is 2.27. The highest BCUT2D eigenvalue weighted by atomic mass is 32.1. The Morgan fingerprint density at radius 3 is 2.88 bits per heavy atom. The number of fused-ring (bicyclic) bond motifs is 1. The molecule has 2 aliphatic rings. The van der Waals surface area contributed by atoms with Crippen molar-refractivity contribution in [3.63, 3.8) is 0 Å². The van der Waals surface area contributed by atoms with Crippen molar-refractivity contribution in [2.45, 2.75) is 43.9 Å². The van der Waals surface area contributed by atoms with Crippen molar-refractivity contribution >= 4 is 56.3 Å². The first-order valence-electron chi connectivity index (χ1n) is 10.9. The van der Waals surface area contributed by atoms with Crippen molar-refractivity contribution < 1.29 is 9.90 Å². The van der Waals surface area contributed by atoms with Gasteiger partial charge in [0.25, 0.3) is 0 Å². The zero-order valence-corrected chi connectivity index (χ0v) is 19.5. The summed E-state index contributed by atoms with van der Waals surface area (Å²) >= 11 is 3.01. The van der Waals surface area contributed by atoms with Gasteiger partial charge in [0, 0.05) is 25.7 Å². The third-order valence-corrected chi connectivity index (χ3v) is 7.90. The standard InChI is InChI=1S/C21H27N7O2S2/c1-27-7-8-28(12-29)11-17(27)16-10-18(32-26-16)24-21-23-15-6-9-31-19(15)20(25-21)22-13-2-4-14(30)5-3-13/h6,9-10,12-14,17,30H,2-5,7-8,11H2,1H3,(H2,22,23,24,25). The second-order valence-corrected chi connectivity index (χ2v) is 10.2. The Morgan fingerprint density at radius 1 is 1.22 bits per heavy atom. The highest BCUT2D eigenvalue weighted by Crippen LogP contribution is 2.32. The number of aliphatic hydroxyl groups is 1. The van der Waals surface area contributed by atoms with Gasteiger partial charge in [0.2, 0.25) is 12.4 Å². The summed E-state index contributed by atoms with van der Waals surface area (Å²) in [6, 6.07) is 4.42. The number of nitrogens with one attached hydrogen (secondary N) is 2. The molecule has 3 aromatic rings. The van der Waals surface area contributed by atoms with Crippen molar-refractivity contribution in [1.29, 1.82) is 0 Å². The van der Waals surface area contributed by atoms with Gasteiger partial charge in [-0.1, -0.05) is 0 Å². The Kier molecular flexibility index (Phi) is 6.22. The van der Waals surface area contributed by atoms with E-state index in [1.165, 1.54) is 11.5 Å². The van der Waals surface area contributed by atoms with E-state index in [4.69, 9.17) is 4.98 Å². The number of hydrogen-bond acceptors (Lipinski definition) is 10. The van der Waals surface area contributed by atoms with E-state index in [0.717, 1.165) is 71.9 Å². The minimum Gasteiger partial charge on any atom is -0.393 e. The third kappa shape index (κ3) is 4.56. The molecule has 1 saturated heterocycles. The molecule has 3 N–H and O–H groups in total. The van der Waals surface area contributed by atoms with Crippen LogP contribution in [0.4, 0.5) is 16.8 Å². The first-order valence-corrected chi connectivity index (χ1v) is 12.6. The topological polar surface area (TPSA) is 107 Å². The molecule has 170 valence electrons. The molecular weight excluding hydrogens is 446 g/mol. The molecule has 2 fully saturated rings. The molecule has 9 nitrogen and oxygen atoms in total. The molecule has 1 aliphatic heterocycles. The van der Waals surface area contributed by atoms with Gasteiger partial charge >= 0.3 is 0 Å². The molecular formula is C21H27N7O2S2. The molecule has 5 rings (SSSR count). The van der Waals surface area contributed by atoms with Gasteiger partial charge in [0.15, 0.2) is 0 Å². The van der Waals surface area contributed by atoms with E-state index in [2.05, 4.69) is 31.9 Å². The van der Waals surface area contributed by atoms with Gasteiger partial charge in [-0.25, -0.2) is 4.98 Å². The Hall–Kier alpha value is -2.34. The van der Waals surface area contributed by atoms with Gasteiger partial charge in [-0.15, -0.1) is 11.3 Å². The lowest BCUT2D eigenvalue weighted by molar-refractivity contribution is -0.120. The molecule has 1 unspecified atom stereocenters. The van der Waals surface area contributed by atoms with Gasteiger partial charge in [-0.3, -0.25) is 9.69 Å². The van der Waals surface area contributed by atoms with Crippen molar-refractivity contribution in [2.24, 2.45) is 0 Å². The molecule has 11 heteroatoms. The first kappa shape index (κ1) is 21.5. The number of carbonyl (C=O) groups excluding carboxylic acids is 1. The number of thiophene rings is 1. The fourth-order valence-electron chi connectivity index (χ4n) is 4.36. The molecule has 0 radical (unpaired) electrons. The maximum atomic E-state index is 11.2. The van der Waals surface area contributed by atoms with Crippen LogP contribution in [0.15, 0.2) is 17.5 Å². The second kappa shape index (κ2) is 9.26. The number of piperazine rings is 1. The van der Waals surface area contributed by atoms with E-state index >= 15 is 0 Å². The zero-order valence-electron chi connectivity index (χ0n) is 17.9. The Labute approximate surface area is 194 Å². The molecule has 4 heterocycles. The zero-order chi connectivity index (χ0) is 22.1. The van der Waals surface area contributed by atoms with Crippen LogP contribution in [0.1, 0.15) is 37.4 Å². The normalized spacial score (nSPS) is 24.6. The summed E-state index contributed by atoms with van der Waals surface area (Å²) in [5.41, 5.74) is 1.85. The summed E-state index contributed by atoms with van der Waals surface area (Å²) in [7, 11) is 2.06. The predicted molar refractivity (Wildman–Crippen MR) is 128 cm³/mol. The quantitative estimate of drug-likeness (QED) is 0.469. The predicted octanol–water partition coefficient (Wildman–Crippen LogP) is 3.05. The van der Waals surface area contributed by atoms with Gasteiger partial charge in [0.1, 0.15) is 10.8 Å². The molecule has 1 amide bonds. The van der Waals surface area contributed by atoms with Gasteiger partial charge in [-0.05, 0) is 61.8 Å². The molecule has 1 atom stereocenters. The number of anilines is 3. The largest absolute Gasteiger partial charge is 0.393 e.